The fourth-order valence-electron chi connectivity index (χ4n) is 2.31. The SMILES string of the molecule is Cc1cc(C)c(C(Br)CCC(C)C)c(C)c1. The number of hydrogen-bond acceptors (Lipinski definition) is 0. The van der Waals surface area contributed by atoms with Crippen molar-refractivity contribution >= 4 is 15.9 Å². The quantitative estimate of drug-likeness (QED) is 0.641. The number of halogens is 1. The first-order valence-corrected chi connectivity index (χ1v) is 7.05. The minimum Gasteiger partial charge on any atom is -0.0839 e. The van der Waals surface area contributed by atoms with E-state index in [1.54, 1.807) is 0 Å². The van der Waals surface area contributed by atoms with Gasteiger partial charge in [0, 0.05) is 4.83 Å². The summed E-state index contributed by atoms with van der Waals surface area (Å²) < 4.78 is 0. The summed E-state index contributed by atoms with van der Waals surface area (Å²) in [6.45, 7) is 11.2. The van der Waals surface area contributed by atoms with Crippen molar-refractivity contribution in [2.75, 3.05) is 0 Å². The van der Waals surface area contributed by atoms with Crippen LogP contribution in [0.1, 0.15) is 53.8 Å². The van der Waals surface area contributed by atoms with Gasteiger partial charge in [0.1, 0.15) is 0 Å². The highest BCUT2D eigenvalue weighted by atomic mass is 79.9. The van der Waals surface area contributed by atoms with Gasteiger partial charge in [-0.2, -0.15) is 0 Å². The Balaban J connectivity index is 2.86. The number of hydrogen-bond donors (Lipinski definition) is 0. The monoisotopic (exact) mass is 282 g/mol. The van der Waals surface area contributed by atoms with E-state index < -0.39 is 0 Å². The molecule has 0 aromatic heterocycles. The molecule has 0 saturated carbocycles. The van der Waals surface area contributed by atoms with Crippen molar-refractivity contribution < 1.29 is 0 Å². The lowest BCUT2D eigenvalue weighted by molar-refractivity contribution is 0.553. The molecule has 0 radical (unpaired) electrons. The molecule has 90 valence electrons. The van der Waals surface area contributed by atoms with Crippen molar-refractivity contribution in [2.24, 2.45) is 5.92 Å². The maximum atomic E-state index is 3.84. The smallest absolute Gasteiger partial charge is 0.0400 e. The van der Waals surface area contributed by atoms with Crippen LogP contribution < -0.4 is 0 Å². The molecular formula is C15H23Br. The van der Waals surface area contributed by atoms with Gasteiger partial charge in [-0.25, -0.2) is 0 Å². The predicted octanol–water partition coefficient (Wildman–Crippen LogP) is 5.48. The Hall–Kier alpha value is -0.300. The van der Waals surface area contributed by atoms with Crippen LogP contribution >= 0.6 is 15.9 Å². The van der Waals surface area contributed by atoms with Gasteiger partial charge in [0.25, 0.3) is 0 Å². The van der Waals surface area contributed by atoms with E-state index in [4.69, 9.17) is 0 Å². The second-order valence-corrected chi connectivity index (χ2v) is 6.36. The second kappa shape index (κ2) is 5.86. The average molecular weight is 283 g/mol. The standard InChI is InChI=1S/C15H23Br/c1-10(2)6-7-14(16)15-12(4)8-11(3)9-13(15)5/h8-10,14H,6-7H2,1-5H3. The third kappa shape index (κ3) is 3.62. The van der Waals surface area contributed by atoms with Crippen LogP contribution in [0.15, 0.2) is 12.1 Å². The first-order chi connectivity index (χ1) is 7.41. The molecule has 0 N–H and O–H groups in total. The molecule has 0 aliphatic rings. The Bertz CT molecular complexity index is 329. The Morgan fingerprint density at radius 2 is 1.50 bits per heavy atom. The van der Waals surface area contributed by atoms with Gasteiger partial charge in [0.15, 0.2) is 0 Å². The molecule has 0 heterocycles. The summed E-state index contributed by atoms with van der Waals surface area (Å²) in [7, 11) is 0. The fourth-order valence-corrected chi connectivity index (χ4v) is 3.30. The Morgan fingerprint density at radius 1 is 1.00 bits per heavy atom. The summed E-state index contributed by atoms with van der Waals surface area (Å²) >= 11 is 3.84. The zero-order valence-corrected chi connectivity index (χ0v) is 12.7. The summed E-state index contributed by atoms with van der Waals surface area (Å²) in [4.78, 5) is 0.510. The largest absolute Gasteiger partial charge is 0.0839 e. The van der Waals surface area contributed by atoms with Crippen LogP contribution in [0.5, 0.6) is 0 Å². The lowest BCUT2D eigenvalue weighted by Gasteiger charge is -2.18. The topological polar surface area (TPSA) is 0 Å². The Morgan fingerprint density at radius 3 is 1.94 bits per heavy atom. The van der Waals surface area contributed by atoms with Crippen molar-refractivity contribution in [2.45, 2.75) is 52.3 Å². The van der Waals surface area contributed by atoms with E-state index in [2.05, 4.69) is 62.7 Å². The molecule has 0 fully saturated rings. The van der Waals surface area contributed by atoms with Crippen LogP contribution in [-0.4, -0.2) is 0 Å². The van der Waals surface area contributed by atoms with E-state index in [0.29, 0.717) is 4.83 Å². The van der Waals surface area contributed by atoms with Crippen LogP contribution in [0.25, 0.3) is 0 Å². The van der Waals surface area contributed by atoms with Crippen LogP contribution in [0, 0.1) is 26.7 Å². The van der Waals surface area contributed by atoms with Crippen molar-refractivity contribution in [3.8, 4) is 0 Å². The molecule has 1 atom stereocenters. The number of aryl methyl sites for hydroxylation is 3. The molecule has 0 nitrogen and oxygen atoms in total. The molecule has 0 saturated heterocycles. The summed E-state index contributed by atoms with van der Waals surface area (Å²) in [6, 6.07) is 4.57. The van der Waals surface area contributed by atoms with Gasteiger partial charge < -0.3 is 0 Å². The molecule has 1 unspecified atom stereocenters. The Labute approximate surface area is 109 Å². The van der Waals surface area contributed by atoms with Crippen molar-refractivity contribution in [3.05, 3.63) is 34.4 Å². The van der Waals surface area contributed by atoms with Gasteiger partial charge in [0.2, 0.25) is 0 Å². The highest BCUT2D eigenvalue weighted by Crippen LogP contribution is 2.34. The Kier molecular flexibility index (Phi) is 5.04. The molecule has 1 aromatic carbocycles. The van der Waals surface area contributed by atoms with Gasteiger partial charge in [0.05, 0.1) is 0 Å². The molecule has 1 rings (SSSR count). The highest BCUT2D eigenvalue weighted by molar-refractivity contribution is 9.09. The normalized spacial score (nSPS) is 13.2. The van der Waals surface area contributed by atoms with Crippen molar-refractivity contribution in [1.82, 2.24) is 0 Å². The zero-order valence-electron chi connectivity index (χ0n) is 11.1. The molecule has 0 bridgehead atoms. The first kappa shape index (κ1) is 13.8. The van der Waals surface area contributed by atoms with Gasteiger partial charge in [-0.15, -0.1) is 0 Å². The van der Waals surface area contributed by atoms with Crippen LogP contribution in [0.4, 0.5) is 0 Å². The molecule has 1 aromatic rings. The zero-order chi connectivity index (χ0) is 12.3. The van der Waals surface area contributed by atoms with Gasteiger partial charge in [-0.3, -0.25) is 0 Å². The third-order valence-electron chi connectivity index (χ3n) is 3.05. The lowest BCUT2D eigenvalue weighted by atomic mass is 9.94. The third-order valence-corrected chi connectivity index (χ3v) is 3.96. The van der Waals surface area contributed by atoms with E-state index in [9.17, 15) is 0 Å². The van der Waals surface area contributed by atoms with E-state index in [0.717, 1.165) is 5.92 Å². The van der Waals surface area contributed by atoms with Crippen LogP contribution in [-0.2, 0) is 0 Å². The maximum Gasteiger partial charge on any atom is 0.0400 e. The second-order valence-electron chi connectivity index (χ2n) is 5.25. The van der Waals surface area contributed by atoms with E-state index >= 15 is 0 Å². The lowest BCUT2D eigenvalue weighted by Crippen LogP contribution is -2.00. The molecule has 0 aliphatic heterocycles. The number of rotatable bonds is 4. The van der Waals surface area contributed by atoms with Gasteiger partial charge in [-0.05, 0) is 56.2 Å². The molecule has 16 heavy (non-hydrogen) atoms. The fraction of sp³-hybridized carbons (Fsp3) is 0.600. The molecule has 0 amide bonds. The van der Waals surface area contributed by atoms with Crippen LogP contribution in [0.2, 0.25) is 0 Å². The summed E-state index contributed by atoms with van der Waals surface area (Å²) in [5, 5.41) is 0. The van der Waals surface area contributed by atoms with E-state index in [-0.39, 0.29) is 0 Å². The first-order valence-electron chi connectivity index (χ1n) is 6.13. The molecule has 1 heteroatoms. The average Bonchev–Trinajstić information content (AvgIpc) is 2.12. The van der Waals surface area contributed by atoms with Gasteiger partial charge >= 0.3 is 0 Å². The van der Waals surface area contributed by atoms with E-state index in [1.807, 2.05) is 0 Å². The summed E-state index contributed by atoms with van der Waals surface area (Å²) in [5.41, 5.74) is 5.69. The number of alkyl halides is 1. The minimum absolute atomic E-state index is 0.510. The minimum atomic E-state index is 0.510. The summed E-state index contributed by atoms with van der Waals surface area (Å²) in [5.74, 6) is 0.783. The van der Waals surface area contributed by atoms with E-state index in [1.165, 1.54) is 35.1 Å². The molecule has 0 aliphatic carbocycles. The maximum absolute atomic E-state index is 3.84. The summed E-state index contributed by atoms with van der Waals surface area (Å²) in [6.07, 6.45) is 2.51. The van der Waals surface area contributed by atoms with Crippen LogP contribution in [0.3, 0.4) is 0 Å². The van der Waals surface area contributed by atoms with Gasteiger partial charge in [-0.1, -0.05) is 47.5 Å². The molecule has 0 spiro atoms. The van der Waals surface area contributed by atoms with Crippen molar-refractivity contribution in [3.63, 3.8) is 0 Å². The molecular weight excluding hydrogens is 260 g/mol. The highest BCUT2D eigenvalue weighted by Gasteiger charge is 2.13. The predicted molar refractivity (Wildman–Crippen MR) is 76.4 cm³/mol. The number of benzene rings is 1. The van der Waals surface area contributed by atoms with Crippen molar-refractivity contribution in [1.29, 1.82) is 0 Å².